The quantitative estimate of drug-likeness (QED) is 0.640. The number of carbonyl (C=O) groups is 1. The molecule has 1 atom stereocenters. The van der Waals surface area contributed by atoms with Crippen molar-refractivity contribution in [2.45, 2.75) is 32.2 Å². The fourth-order valence-corrected chi connectivity index (χ4v) is 4.48. The van der Waals surface area contributed by atoms with E-state index in [9.17, 15) is 4.79 Å². The average Bonchev–Trinajstić information content (AvgIpc) is 2.80. The van der Waals surface area contributed by atoms with Gasteiger partial charge in [-0.1, -0.05) is 48.9 Å². The Morgan fingerprint density at radius 1 is 1.06 bits per heavy atom. The number of likely N-dealkylation sites (tertiary alicyclic amines) is 1. The van der Waals surface area contributed by atoms with Crippen molar-refractivity contribution >= 4 is 28.8 Å². The van der Waals surface area contributed by atoms with Gasteiger partial charge in [-0.05, 0) is 68.3 Å². The summed E-state index contributed by atoms with van der Waals surface area (Å²) in [6.45, 7) is 5.59. The Morgan fingerprint density at radius 2 is 1.77 bits per heavy atom. The summed E-state index contributed by atoms with van der Waals surface area (Å²) >= 11 is 5.45. The Morgan fingerprint density at radius 3 is 2.45 bits per heavy atom. The molecule has 2 heterocycles. The molecule has 2 aromatic rings. The zero-order valence-electron chi connectivity index (χ0n) is 17.9. The van der Waals surface area contributed by atoms with E-state index in [0.717, 1.165) is 29.1 Å². The van der Waals surface area contributed by atoms with Crippen LogP contribution >= 0.6 is 12.2 Å². The second-order valence-corrected chi connectivity index (χ2v) is 8.47. The Bertz CT molecular complexity index is 950. The van der Waals surface area contributed by atoms with Gasteiger partial charge in [0, 0.05) is 12.1 Å². The normalized spacial score (nSPS) is 19.5. The Labute approximate surface area is 189 Å². The number of nitrogens with one attached hydrogen (secondary N) is 2. The Kier molecular flexibility index (Phi) is 6.99. The van der Waals surface area contributed by atoms with Crippen LogP contribution in [0.5, 0.6) is 5.75 Å². The molecule has 2 aliphatic heterocycles. The van der Waals surface area contributed by atoms with Crippen LogP contribution < -0.4 is 15.4 Å². The molecule has 5 nitrogen and oxygen atoms in total. The minimum Gasteiger partial charge on any atom is -0.492 e. The highest BCUT2D eigenvalue weighted by molar-refractivity contribution is 7.80. The standard InChI is InChI=1S/C25H29N3O2S/c1-18(29)22-23(19-8-4-2-5-9-19)26-25(31)27-24(22)20-10-12-21(13-11-20)30-17-16-28-14-6-3-7-15-28/h2,4-5,8-13,24H,3,6-7,14-17H2,1H3,(H2,26,27,31). The van der Waals surface area contributed by atoms with Gasteiger partial charge in [-0.15, -0.1) is 0 Å². The number of thiocarbonyl (C=S) groups is 1. The molecule has 0 spiro atoms. The Hall–Kier alpha value is -2.70. The topological polar surface area (TPSA) is 53.6 Å². The first-order valence-corrected chi connectivity index (χ1v) is 11.4. The summed E-state index contributed by atoms with van der Waals surface area (Å²) in [7, 11) is 0. The zero-order chi connectivity index (χ0) is 21.6. The van der Waals surface area contributed by atoms with E-state index in [-0.39, 0.29) is 11.8 Å². The van der Waals surface area contributed by atoms with Crippen molar-refractivity contribution in [2.24, 2.45) is 0 Å². The monoisotopic (exact) mass is 435 g/mol. The van der Waals surface area contributed by atoms with E-state index in [4.69, 9.17) is 17.0 Å². The summed E-state index contributed by atoms with van der Waals surface area (Å²) in [5, 5.41) is 6.96. The van der Waals surface area contributed by atoms with Crippen molar-refractivity contribution in [3.8, 4) is 5.75 Å². The first-order valence-electron chi connectivity index (χ1n) is 10.9. The highest BCUT2D eigenvalue weighted by Gasteiger charge is 2.30. The summed E-state index contributed by atoms with van der Waals surface area (Å²) in [5.41, 5.74) is 3.37. The third-order valence-corrected chi connectivity index (χ3v) is 6.07. The van der Waals surface area contributed by atoms with Crippen molar-refractivity contribution in [1.82, 2.24) is 15.5 Å². The number of piperidine rings is 1. The molecule has 1 fully saturated rings. The number of hydrogen-bond donors (Lipinski definition) is 2. The molecule has 1 saturated heterocycles. The third kappa shape index (κ3) is 5.32. The van der Waals surface area contributed by atoms with Gasteiger partial charge in [-0.25, -0.2) is 0 Å². The third-order valence-electron chi connectivity index (χ3n) is 5.85. The average molecular weight is 436 g/mol. The van der Waals surface area contributed by atoms with Crippen LogP contribution in [0.4, 0.5) is 0 Å². The van der Waals surface area contributed by atoms with Gasteiger partial charge in [0.15, 0.2) is 10.9 Å². The predicted molar refractivity (Wildman–Crippen MR) is 128 cm³/mol. The van der Waals surface area contributed by atoms with Crippen LogP contribution in [0.25, 0.3) is 5.70 Å². The number of ketones is 1. The predicted octanol–water partition coefficient (Wildman–Crippen LogP) is 4.07. The number of hydrogen-bond acceptors (Lipinski definition) is 4. The largest absolute Gasteiger partial charge is 0.492 e. The van der Waals surface area contributed by atoms with Crippen LogP contribution in [-0.4, -0.2) is 42.0 Å². The first kappa shape index (κ1) is 21.5. The van der Waals surface area contributed by atoms with Gasteiger partial charge in [0.2, 0.25) is 0 Å². The van der Waals surface area contributed by atoms with Crippen LogP contribution in [0.3, 0.4) is 0 Å². The van der Waals surface area contributed by atoms with E-state index in [2.05, 4.69) is 15.5 Å². The lowest BCUT2D eigenvalue weighted by atomic mass is 9.90. The summed E-state index contributed by atoms with van der Waals surface area (Å²) in [6, 6.07) is 17.5. The van der Waals surface area contributed by atoms with Crippen molar-refractivity contribution in [3.63, 3.8) is 0 Å². The summed E-state index contributed by atoms with van der Waals surface area (Å²) < 4.78 is 5.96. The van der Waals surface area contributed by atoms with Gasteiger partial charge in [0.05, 0.1) is 11.7 Å². The number of nitrogens with zero attached hydrogens (tertiary/aromatic N) is 1. The van der Waals surface area contributed by atoms with Gasteiger partial charge in [0.1, 0.15) is 12.4 Å². The van der Waals surface area contributed by atoms with E-state index in [1.807, 2.05) is 54.6 Å². The lowest BCUT2D eigenvalue weighted by Gasteiger charge is -2.31. The molecular formula is C25H29N3O2S. The summed E-state index contributed by atoms with van der Waals surface area (Å²) in [4.78, 5) is 15.1. The second-order valence-electron chi connectivity index (χ2n) is 8.06. The van der Waals surface area contributed by atoms with E-state index < -0.39 is 0 Å². The van der Waals surface area contributed by atoms with Crippen LogP contribution in [0, 0.1) is 0 Å². The summed E-state index contributed by atoms with van der Waals surface area (Å²) in [5.74, 6) is 0.849. The maximum absolute atomic E-state index is 12.6. The number of rotatable bonds is 7. The number of carbonyl (C=O) groups excluding carboxylic acids is 1. The second kappa shape index (κ2) is 10.1. The van der Waals surface area contributed by atoms with Gasteiger partial charge >= 0.3 is 0 Å². The van der Waals surface area contributed by atoms with Crippen molar-refractivity contribution in [1.29, 1.82) is 0 Å². The van der Waals surface area contributed by atoms with E-state index >= 15 is 0 Å². The molecule has 0 radical (unpaired) electrons. The molecule has 4 rings (SSSR count). The molecule has 2 aliphatic rings. The molecule has 0 aromatic heterocycles. The fourth-order valence-electron chi connectivity index (χ4n) is 4.26. The molecule has 0 aliphatic carbocycles. The smallest absolute Gasteiger partial charge is 0.171 e. The number of benzene rings is 2. The van der Waals surface area contributed by atoms with Crippen LogP contribution in [-0.2, 0) is 4.79 Å². The SMILES string of the molecule is CC(=O)C1=C(c2ccccc2)NC(=S)NC1c1ccc(OCCN2CCCCC2)cc1. The first-order chi connectivity index (χ1) is 15.1. The molecule has 0 saturated carbocycles. The van der Waals surface area contributed by atoms with Crippen LogP contribution in [0.2, 0.25) is 0 Å². The minimum absolute atomic E-state index is 0.00760. The minimum atomic E-state index is -0.302. The molecule has 2 aromatic carbocycles. The molecule has 6 heteroatoms. The van der Waals surface area contributed by atoms with Gasteiger partial charge in [-0.3, -0.25) is 9.69 Å². The van der Waals surface area contributed by atoms with Gasteiger partial charge < -0.3 is 15.4 Å². The molecule has 1 unspecified atom stereocenters. The lowest BCUT2D eigenvalue weighted by Crippen LogP contribution is -2.44. The van der Waals surface area contributed by atoms with Crippen molar-refractivity contribution < 1.29 is 9.53 Å². The number of ether oxygens (including phenoxy) is 1. The molecule has 2 N–H and O–H groups in total. The van der Waals surface area contributed by atoms with Crippen molar-refractivity contribution in [3.05, 3.63) is 71.3 Å². The van der Waals surface area contributed by atoms with Crippen molar-refractivity contribution in [2.75, 3.05) is 26.2 Å². The molecular weight excluding hydrogens is 406 g/mol. The Balaban J connectivity index is 1.50. The van der Waals surface area contributed by atoms with E-state index in [1.54, 1.807) is 6.92 Å². The highest BCUT2D eigenvalue weighted by atomic mass is 32.1. The zero-order valence-corrected chi connectivity index (χ0v) is 18.7. The van der Waals surface area contributed by atoms with Crippen LogP contribution in [0.1, 0.15) is 43.4 Å². The maximum Gasteiger partial charge on any atom is 0.171 e. The molecule has 31 heavy (non-hydrogen) atoms. The van der Waals surface area contributed by atoms with E-state index in [0.29, 0.717) is 17.3 Å². The van der Waals surface area contributed by atoms with Gasteiger partial charge in [-0.2, -0.15) is 0 Å². The summed E-state index contributed by atoms with van der Waals surface area (Å²) in [6.07, 6.45) is 3.92. The lowest BCUT2D eigenvalue weighted by molar-refractivity contribution is -0.113. The highest BCUT2D eigenvalue weighted by Crippen LogP contribution is 2.32. The molecule has 162 valence electrons. The maximum atomic E-state index is 12.6. The molecule has 0 amide bonds. The number of Topliss-reactive ketones (excluding diaryl/α,β-unsaturated/α-hetero) is 1. The molecule has 0 bridgehead atoms. The fraction of sp³-hybridized carbons (Fsp3) is 0.360. The van der Waals surface area contributed by atoms with Gasteiger partial charge in [0.25, 0.3) is 0 Å². The van der Waals surface area contributed by atoms with E-state index in [1.165, 1.54) is 32.4 Å². The van der Waals surface area contributed by atoms with Crippen LogP contribution in [0.15, 0.2) is 60.2 Å².